The SMILES string of the molecule is C#Cc1cn(O)c2ncoc12. The van der Waals surface area contributed by atoms with Gasteiger partial charge < -0.3 is 9.62 Å². The van der Waals surface area contributed by atoms with Gasteiger partial charge in [0, 0.05) is 0 Å². The Morgan fingerprint density at radius 2 is 2.55 bits per heavy atom. The molecule has 2 heterocycles. The highest BCUT2D eigenvalue weighted by Crippen LogP contribution is 2.17. The lowest BCUT2D eigenvalue weighted by molar-refractivity contribution is 0.198. The molecule has 1 N–H and O–H groups in total. The van der Waals surface area contributed by atoms with E-state index < -0.39 is 0 Å². The molecule has 0 aliphatic heterocycles. The molecule has 11 heavy (non-hydrogen) atoms. The molecule has 0 aliphatic rings. The van der Waals surface area contributed by atoms with Crippen LogP contribution in [0.25, 0.3) is 11.2 Å². The van der Waals surface area contributed by atoms with Gasteiger partial charge in [-0.15, -0.1) is 6.42 Å². The summed E-state index contributed by atoms with van der Waals surface area (Å²) in [6, 6.07) is 0. The van der Waals surface area contributed by atoms with E-state index in [4.69, 9.17) is 16.0 Å². The number of fused-ring (bicyclic) bond motifs is 1. The van der Waals surface area contributed by atoms with Crippen LogP contribution in [0.1, 0.15) is 5.56 Å². The molecular weight excluding hydrogens is 144 g/mol. The topological polar surface area (TPSA) is 51.2 Å². The Labute approximate surface area is 62.0 Å². The van der Waals surface area contributed by atoms with Gasteiger partial charge in [0.1, 0.15) is 0 Å². The molecular formula is C7H4N2O2. The van der Waals surface area contributed by atoms with Gasteiger partial charge in [0.15, 0.2) is 12.0 Å². The van der Waals surface area contributed by atoms with Crippen molar-refractivity contribution in [3.05, 3.63) is 18.2 Å². The second-order valence-corrected chi connectivity index (χ2v) is 2.04. The van der Waals surface area contributed by atoms with Crippen molar-refractivity contribution < 1.29 is 9.62 Å². The first-order chi connectivity index (χ1) is 5.33. The normalized spacial score (nSPS) is 10.1. The van der Waals surface area contributed by atoms with Crippen LogP contribution in [0.2, 0.25) is 0 Å². The number of hydrogen-bond donors (Lipinski definition) is 1. The summed E-state index contributed by atoms with van der Waals surface area (Å²) < 4.78 is 5.77. The van der Waals surface area contributed by atoms with E-state index in [2.05, 4.69) is 10.9 Å². The van der Waals surface area contributed by atoms with Crippen LogP contribution in [0.3, 0.4) is 0 Å². The van der Waals surface area contributed by atoms with E-state index >= 15 is 0 Å². The molecule has 0 unspecified atom stereocenters. The Balaban J connectivity index is 2.94. The molecule has 0 amide bonds. The maximum absolute atomic E-state index is 9.11. The molecule has 0 saturated heterocycles. The Hall–Kier alpha value is -1.89. The van der Waals surface area contributed by atoms with Gasteiger partial charge in [0.2, 0.25) is 5.65 Å². The molecule has 0 atom stereocenters. The summed E-state index contributed by atoms with van der Waals surface area (Å²) in [6.07, 6.45) is 7.74. The number of nitrogens with zero attached hydrogens (tertiary/aromatic N) is 2. The number of hydrogen-bond acceptors (Lipinski definition) is 3. The fourth-order valence-corrected chi connectivity index (χ4v) is 0.932. The van der Waals surface area contributed by atoms with Gasteiger partial charge in [0.05, 0.1) is 11.8 Å². The summed E-state index contributed by atoms with van der Waals surface area (Å²) in [5, 5.41) is 9.11. The summed E-state index contributed by atoms with van der Waals surface area (Å²) in [4.78, 5) is 3.74. The zero-order valence-corrected chi connectivity index (χ0v) is 5.48. The lowest BCUT2D eigenvalue weighted by Gasteiger charge is -1.83. The van der Waals surface area contributed by atoms with E-state index in [9.17, 15) is 0 Å². The first-order valence-electron chi connectivity index (χ1n) is 2.93. The van der Waals surface area contributed by atoms with Crippen molar-refractivity contribution >= 4 is 11.2 Å². The molecule has 0 saturated carbocycles. The van der Waals surface area contributed by atoms with Crippen molar-refractivity contribution in [1.82, 2.24) is 9.71 Å². The van der Waals surface area contributed by atoms with Crippen molar-refractivity contribution in [1.29, 1.82) is 0 Å². The lowest BCUT2D eigenvalue weighted by Crippen LogP contribution is -1.85. The van der Waals surface area contributed by atoms with Gasteiger partial charge in [-0.05, 0) is 0 Å². The second kappa shape index (κ2) is 1.80. The Morgan fingerprint density at radius 3 is 3.27 bits per heavy atom. The van der Waals surface area contributed by atoms with E-state index in [1.54, 1.807) is 0 Å². The van der Waals surface area contributed by atoms with E-state index in [1.165, 1.54) is 12.6 Å². The lowest BCUT2D eigenvalue weighted by atomic mass is 10.3. The van der Waals surface area contributed by atoms with E-state index in [0.29, 0.717) is 16.8 Å². The zero-order chi connectivity index (χ0) is 7.84. The van der Waals surface area contributed by atoms with Crippen molar-refractivity contribution in [2.24, 2.45) is 0 Å². The predicted molar refractivity (Wildman–Crippen MR) is 37.1 cm³/mol. The maximum Gasteiger partial charge on any atom is 0.215 e. The van der Waals surface area contributed by atoms with E-state index in [0.717, 1.165) is 4.73 Å². The fraction of sp³-hybridized carbons (Fsp3) is 0. The summed E-state index contributed by atoms with van der Waals surface area (Å²) in [5.41, 5.74) is 1.29. The molecule has 0 fully saturated rings. The van der Waals surface area contributed by atoms with E-state index in [1.807, 2.05) is 0 Å². The Kier molecular flexibility index (Phi) is 0.957. The summed E-state index contributed by atoms with van der Waals surface area (Å²) in [5.74, 6) is 2.36. The average molecular weight is 148 g/mol. The molecule has 2 aromatic rings. The van der Waals surface area contributed by atoms with Gasteiger partial charge in [-0.25, -0.2) is 0 Å². The maximum atomic E-state index is 9.11. The minimum atomic E-state index is 0.345. The third kappa shape index (κ3) is 0.619. The quantitative estimate of drug-likeness (QED) is 0.445. The molecule has 0 aromatic carbocycles. The first kappa shape index (κ1) is 5.86. The number of oxazole rings is 1. The summed E-state index contributed by atoms with van der Waals surface area (Å²) >= 11 is 0. The van der Waals surface area contributed by atoms with Crippen LogP contribution < -0.4 is 0 Å². The van der Waals surface area contributed by atoms with Crippen molar-refractivity contribution in [3.63, 3.8) is 0 Å². The van der Waals surface area contributed by atoms with Gasteiger partial charge in [-0.3, -0.25) is 0 Å². The van der Waals surface area contributed by atoms with Crippen molar-refractivity contribution in [2.45, 2.75) is 0 Å². The summed E-state index contributed by atoms with van der Waals surface area (Å²) in [6.45, 7) is 0. The molecule has 4 heteroatoms. The standard InChI is InChI=1S/C7H4N2O2/c1-2-5-3-9(10)7-6(5)11-4-8-7/h1,3-4,10H. The smallest absolute Gasteiger partial charge is 0.215 e. The average Bonchev–Trinajstić information content (AvgIpc) is 2.54. The van der Waals surface area contributed by atoms with Crippen molar-refractivity contribution in [3.8, 4) is 12.3 Å². The molecule has 0 spiro atoms. The van der Waals surface area contributed by atoms with Gasteiger partial charge in [-0.1, -0.05) is 5.92 Å². The van der Waals surface area contributed by atoms with Crippen LogP contribution in [-0.2, 0) is 0 Å². The van der Waals surface area contributed by atoms with Gasteiger partial charge >= 0.3 is 0 Å². The molecule has 0 bridgehead atoms. The third-order valence-electron chi connectivity index (χ3n) is 1.42. The molecule has 54 valence electrons. The Bertz CT molecular complexity index is 433. The monoisotopic (exact) mass is 148 g/mol. The third-order valence-corrected chi connectivity index (χ3v) is 1.42. The minimum Gasteiger partial charge on any atom is -0.440 e. The van der Waals surface area contributed by atoms with Crippen LogP contribution in [0.4, 0.5) is 0 Å². The molecule has 0 radical (unpaired) electrons. The van der Waals surface area contributed by atoms with Crippen LogP contribution in [0, 0.1) is 12.3 Å². The predicted octanol–water partition coefficient (Wildman–Crippen LogP) is 0.848. The van der Waals surface area contributed by atoms with Crippen LogP contribution in [-0.4, -0.2) is 14.9 Å². The highest BCUT2D eigenvalue weighted by Gasteiger charge is 2.09. The van der Waals surface area contributed by atoms with E-state index in [-0.39, 0.29) is 0 Å². The van der Waals surface area contributed by atoms with Crippen LogP contribution in [0.15, 0.2) is 17.0 Å². The highest BCUT2D eigenvalue weighted by molar-refractivity contribution is 5.76. The van der Waals surface area contributed by atoms with Gasteiger partial charge in [0.25, 0.3) is 0 Å². The van der Waals surface area contributed by atoms with Crippen LogP contribution >= 0.6 is 0 Å². The second-order valence-electron chi connectivity index (χ2n) is 2.04. The van der Waals surface area contributed by atoms with Crippen LogP contribution in [0.5, 0.6) is 0 Å². The first-order valence-corrected chi connectivity index (χ1v) is 2.93. The highest BCUT2D eigenvalue weighted by atomic mass is 16.5. The summed E-state index contributed by atoms with van der Waals surface area (Å²) in [7, 11) is 0. The largest absolute Gasteiger partial charge is 0.440 e. The minimum absolute atomic E-state index is 0.345. The number of terminal acetylenes is 1. The fourth-order valence-electron chi connectivity index (χ4n) is 0.932. The van der Waals surface area contributed by atoms with Gasteiger partial charge in [-0.2, -0.15) is 9.71 Å². The molecule has 2 aromatic heterocycles. The molecule has 4 nitrogen and oxygen atoms in total. The zero-order valence-electron chi connectivity index (χ0n) is 5.48. The Morgan fingerprint density at radius 1 is 1.73 bits per heavy atom. The molecule has 0 aliphatic carbocycles. The number of aromatic nitrogens is 2. The van der Waals surface area contributed by atoms with Crippen molar-refractivity contribution in [2.75, 3.05) is 0 Å². The number of rotatable bonds is 0. The molecule has 2 rings (SSSR count).